The molecule has 3 rings (SSSR count). The SMILES string of the molecule is Cc1ccc(C(=O)Nc2c[c]cc(C(=O)N3CCC[C@H](C(N)=O)C3)c2)cc1. The first-order valence-electron chi connectivity index (χ1n) is 8.92. The molecule has 1 radical (unpaired) electrons. The van der Waals surface area contributed by atoms with E-state index < -0.39 is 0 Å². The Labute approximate surface area is 158 Å². The lowest BCUT2D eigenvalue weighted by Crippen LogP contribution is -2.44. The van der Waals surface area contributed by atoms with E-state index in [0.717, 1.165) is 12.0 Å². The molecule has 0 unspecified atom stereocenters. The first-order valence-corrected chi connectivity index (χ1v) is 8.92. The van der Waals surface area contributed by atoms with Gasteiger partial charge in [-0.15, -0.1) is 0 Å². The van der Waals surface area contributed by atoms with Crippen molar-refractivity contribution in [2.75, 3.05) is 18.4 Å². The van der Waals surface area contributed by atoms with Gasteiger partial charge in [0.2, 0.25) is 5.91 Å². The number of hydrogen-bond donors (Lipinski definition) is 2. The summed E-state index contributed by atoms with van der Waals surface area (Å²) in [4.78, 5) is 38.2. The minimum Gasteiger partial charge on any atom is -0.369 e. The zero-order valence-corrected chi connectivity index (χ0v) is 15.2. The Morgan fingerprint density at radius 3 is 2.59 bits per heavy atom. The number of aryl methyl sites for hydroxylation is 1. The van der Waals surface area contributed by atoms with E-state index in [4.69, 9.17) is 5.73 Å². The topological polar surface area (TPSA) is 92.5 Å². The first-order chi connectivity index (χ1) is 12.9. The number of benzene rings is 2. The zero-order chi connectivity index (χ0) is 19.4. The fraction of sp³-hybridized carbons (Fsp3) is 0.286. The van der Waals surface area contributed by atoms with Crippen LogP contribution >= 0.6 is 0 Å². The summed E-state index contributed by atoms with van der Waals surface area (Å²) in [6.45, 7) is 2.87. The van der Waals surface area contributed by atoms with Gasteiger partial charge < -0.3 is 16.0 Å². The zero-order valence-electron chi connectivity index (χ0n) is 15.2. The number of amides is 3. The van der Waals surface area contributed by atoms with Gasteiger partial charge in [0.05, 0.1) is 5.92 Å². The molecule has 1 aliphatic heterocycles. The van der Waals surface area contributed by atoms with Gasteiger partial charge >= 0.3 is 0 Å². The fourth-order valence-electron chi connectivity index (χ4n) is 3.15. The van der Waals surface area contributed by atoms with Gasteiger partial charge in [-0.1, -0.05) is 17.7 Å². The molecule has 1 aliphatic rings. The second-order valence-corrected chi connectivity index (χ2v) is 6.82. The summed E-state index contributed by atoms with van der Waals surface area (Å²) in [6.07, 6.45) is 1.45. The summed E-state index contributed by atoms with van der Waals surface area (Å²) in [5, 5.41) is 2.79. The molecule has 1 atom stereocenters. The molecule has 0 saturated carbocycles. The van der Waals surface area contributed by atoms with Crippen molar-refractivity contribution in [2.24, 2.45) is 11.7 Å². The maximum absolute atomic E-state index is 12.8. The highest BCUT2D eigenvalue weighted by atomic mass is 16.2. The Kier molecular flexibility index (Phi) is 5.54. The number of carbonyl (C=O) groups is 3. The van der Waals surface area contributed by atoms with Crippen molar-refractivity contribution in [3.05, 3.63) is 65.2 Å². The van der Waals surface area contributed by atoms with Crippen molar-refractivity contribution >= 4 is 23.4 Å². The normalized spacial score (nSPS) is 16.6. The van der Waals surface area contributed by atoms with Crippen LogP contribution in [0.2, 0.25) is 0 Å². The molecule has 1 heterocycles. The van der Waals surface area contributed by atoms with Crippen molar-refractivity contribution in [2.45, 2.75) is 19.8 Å². The van der Waals surface area contributed by atoms with Crippen molar-refractivity contribution in [3.8, 4) is 0 Å². The van der Waals surface area contributed by atoms with E-state index in [0.29, 0.717) is 36.3 Å². The summed E-state index contributed by atoms with van der Waals surface area (Å²) in [5.74, 6) is -1.13. The van der Waals surface area contributed by atoms with E-state index in [1.807, 2.05) is 19.1 Å². The highest BCUT2D eigenvalue weighted by molar-refractivity contribution is 6.05. The second-order valence-electron chi connectivity index (χ2n) is 6.82. The molecule has 3 amide bonds. The number of anilines is 1. The maximum atomic E-state index is 12.8. The Hall–Kier alpha value is -3.15. The van der Waals surface area contributed by atoms with Crippen LogP contribution in [0.5, 0.6) is 0 Å². The third kappa shape index (κ3) is 4.53. The lowest BCUT2D eigenvalue weighted by atomic mass is 9.97. The van der Waals surface area contributed by atoms with Crippen LogP contribution in [-0.4, -0.2) is 35.7 Å². The van der Waals surface area contributed by atoms with Gasteiger partial charge in [-0.3, -0.25) is 14.4 Å². The minimum absolute atomic E-state index is 0.191. The van der Waals surface area contributed by atoms with Gasteiger partial charge in [0.15, 0.2) is 0 Å². The van der Waals surface area contributed by atoms with E-state index >= 15 is 0 Å². The van der Waals surface area contributed by atoms with Gasteiger partial charge in [-0.05, 0) is 56.2 Å². The summed E-state index contributed by atoms with van der Waals surface area (Å²) in [6, 6.07) is 15.0. The average molecular weight is 364 g/mol. The Bertz CT molecular complexity index is 861. The quantitative estimate of drug-likeness (QED) is 0.872. The predicted octanol–water partition coefficient (Wildman–Crippen LogP) is 2.39. The monoisotopic (exact) mass is 364 g/mol. The molecule has 2 aromatic rings. The molecule has 27 heavy (non-hydrogen) atoms. The van der Waals surface area contributed by atoms with Crippen LogP contribution in [-0.2, 0) is 4.79 Å². The molecule has 139 valence electrons. The highest BCUT2D eigenvalue weighted by Crippen LogP contribution is 2.20. The molecule has 0 aliphatic carbocycles. The summed E-state index contributed by atoms with van der Waals surface area (Å²) >= 11 is 0. The molecule has 0 aromatic heterocycles. The number of hydrogen-bond acceptors (Lipinski definition) is 3. The Morgan fingerprint density at radius 1 is 1.15 bits per heavy atom. The van der Waals surface area contributed by atoms with Crippen molar-refractivity contribution in [1.29, 1.82) is 0 Å². The van der Waals surface area contributed by atoms with E-state index in [-0.39, 0.29) is 23.6 Å². The predicted molar refractivity (Wildman–Crippen MR) is 102 cm³/mol. The van der Waals surface area contributed by atoms with Gasteiger partial charge in [0, 0.05) is 29.9 Å². The number of primary amides is 1. The first kappa shape index (κ1) is 18.6. The number of nitrogens with one attached hydrogen (secondary N) is 1. The van der Waals surface area contributed by atoms with Gasteiger partial charge in [0.25, 0.3) is 11.8 Å². The smallest absolute Gasteiger partial charge is 0.255 e. The van der Waals surface area contributed by atoms with E-state index in [9.17, 15) is 14.4 Å². The Balaban J connectivity index is 1.71. The molecule has 0 spiro atoms. The number of rotatable bonds is 4. The molecule has 0 bridgehead atoms. The number of likely N-dealkylation sites (tertiary alicyclic amines) is 1. The van der Waals surface area contributed by atoms with Crippen LogP contribution < -0.4 is 11.1 Å². The second kappa shape index (κ2) is 8.03. The lowest BCUT2D eigenvalue weighted by molar-refractivity contribution is -0.123. The van der Waals surface area contributed by atoms with Gasteiger partial charge in [-0.25, -0.2) is 0 Å². The van der Waals surface area contributed by atoms with E-state index in [1.165, 1.54) is 0 Å². The Morgan fingerprint density at radius 2 is 1.89 bits per heavy atom. The van der Waals surface area contributed by atoms with Crippen LogP contribution in [0.3, 0.4) is 0 Å². The van der Waals surface area contributed by atoms with Crippen molar-refractivity contribution in [3.63, 3.8) is 0 Å². The molecule has 2 aromatic carbocycles. The largest absolute Gasteiger partial charge is 0.369 e. The van der Waals surface area contributed by atoms with Gasteiger partial charge in [0.1, 0.15) is 0 Å². The molecular formula is C21H22N3O3. The fourth-order valence-corrected chi connectivity index (χ4v) is 3.15. The van der Waals surface area contributed by atoms with Crippen molar-refractivity contribution in [1.82, 2.24) is 4.90 Å². The van der Waals surface area contributed by atoms with E-state index in [1.54, 1.807) is 35.2 Å². The summed E-state index contributed by atoms with van der Waals surface area (Å²) < 4.78 is 0. The van der Waals surface area contributed by atoms with Crippen LogP contribution in [0.4, 0.5) is 5.69 Å². The molecule has 1 fully saturated rings. The number of nitrogens with zero attached hydrogens (tertiary/aromatic N) is 1. The lowest BCUT2D eigenvalue weighted by Gasteiger charge is -2.31. The number of carbonyl (C=O) groups excluding carboxylic acids is 3. The summed E-state index contributed by atoms with van der Waals surface area (Å²) in [7, 11) is 0. The standard InChI is InChI=1S/C21H22N3O3/c1-14-7-9-15(10-8-14)20(26)23-18-6-2-4-16(12-18)21(27)24-11-3-5-17(13-24)19(22)25/h4,6-10,12,17H,3,5,11,13H2,1H3,(H2,22,25)(H,23,26)/t17-/m0/s1. The molecule has 1 saturated heterocycles. The van der Waals surface area contributed by atoms with Crippen molar-refractivity contribution < 1.29 is 14.4 Å². The van der Waals surface area contributed by atoms with Crippen LogP contribution in [0.15, 0.2) is 42.5 Å². The maximum Gasteiger partial charge on any atom is 0.255 e. The van der Waals surface area contributed by atoms with E-state index in [2.05, 4.69) is 11.4 Å². The third-order valence-electron chi connectivity index (χ3n) is 4.72. The van der Waals surface area contributed by atoms with Gasteiger partial charge in [-0.2, -0.15) is 0 Å². The number of piperidine rings is 1. The molecule has 6 nitrogen and oxygen atoms in total. The summed E-state index contributed by atoms with van der Waals surface area (Å²) in [5.41, 5.74) is 7.91. The molecular weight excluding hydrogens is 342 g/mol. The van der Waals surface area contributed by atoms with Crippen LogP contribution in [0, 0.1) is 18.9 Å². The minimum atomic E-state index is -0.377. The van der Waals surface area contributed by atoms with Crippen LogP contribution in [0.25, 0.3) is 0 Å². The average Bonchev–Trinajstić information content (AvgIpc) is 2.68. The molecule has 6 heteroatoms. The number of nitrogens with two attached hydrogens (primary N) is 1. The van der Waals surface area contributed by atoms with Crippen LogP contribution in [0.1, 0.15) is 39.1 Å². The molecule has 3 N–H and O–H groups in total. The third-order valence-corrected chi connectivity index (χ3v) is 4.72. The highest BCUT2D eigenvalue weighted by Gasteiger charge is 2.27.